The maximum absolute atomic E-state index is 13.0. The molecule has 3 aliphatic rings. The van der Waals surface area contributed by atoms with Gasteiger partial charge < -0.3 is 19.5 Å². The largest absolute Gasteiger partial charge is 0.586 e. The molecule has 1 amide bonds. The summed E-state index contributed by atoms with van der Waals surface area (Å²) < 4.78 is 39.6. The van der Waals surface area contributed by atoms with Gasteiger partial charge in [-0.25, -0.2) is 0 Å². The van der Waals surface area contributed by atoms with Gasteiger partial charge in [-0.3, -0.25) is 9.59 Å². The van der Waals surface area contributed by atoms with Crippen molar-refractivity contribution in [3.63, 3.8) is 0 Å². The van der Waals surface area contributed by atoms with Crippen molar-refractivity contribution in [2.24, 2.45) is 17.8 Å². The molecule has 2 bridgehead atoms. The first kappa shape index (κ1) is 15.9. The van der Waals surface area contributed by atoms with Crippen LogP contribution in [0.5, 0.6) is 11.5 Å². The highest BCUT2D eigenvalue weighted by atomic mass is 19.3. The quantitative estimate of drug-likeness (QED) is 0.667. The van der Waals surface area contributed by atoms with Gasteiger partial charge >= 0.3 is 12.3 Å². The summed E-state index contributed by atoms with van der Waals surface area (Å²) in [5.41, 5.74) is 0.240. The highest BCUT2D eigenvalue weighted by molar-refractivity contribution is 5.93. The maximum Gasteiger partial charge on any atom is 0.586 e. The Labute approximate surface area is 141 Å². The van der Waals surface area contributed by atoms with Crippen molar-refractivity contribution < 1.29 is 32.6 Å². The molecule has 3 atom stereocenters. The van der Waals surface area contributed by atoms with Crippen LogP contribution >= 0.6 is 0 Å². The molecule has 132 valence electrons. The fourth-order valence-electron chi connectivity index (χ4n) is 3.52. The fourth-order valence-corrected chi connectivity index (χ4v) is 3.52. The lowest BCUT2D eigenvalue weighted by atomic mass is 9.94. The number of carbonyl (C=O) groups excluding carboxylic acids is 2. The highest BCUT2D eigenvalue weighted by Gasteiger charge is 2.43. The molecule has 1 fully saturated rings. The van der Waals surface area contributed by atoms with E-state index in [9.17, 15) is 18.4 Å². The Morgan fingerprint density at radius 3 is 2.72 bits per heavy atom. The monoisotopic (exact) mass is 351 g/mol. The third-order valence-electron chi connectivity index (χ3n) is 4.61. The van der Waals surface area contributed by atoms with Gasteiger partial charge in [0.25, 0.3) is 5.91 Å². The van der Waals surface area contributed by atoms with Crippen molar-refractivity contribution in [1.82, 2.24) is 0 Å². The van der Waals surface area contributed by atoms with E-state index in [4.69, 9.17) is 4.74 Å². The van der Waals surface area contributed by atoms with E-state index in [1.54, 1.807) is 0 Å². The SMILES string of the molecule is O=C(COC(=O)[C@@H]1C[C@H]2C=C[C@H]1C2)Nc1ccc2c(c1)OC(F)(F)O2. The van der Waals surface area contributed by atoms with Gasteiger partial charge in [0.05, 0.1) is 5.92 Å². The van der Waals surface area contributed by atoms with Crippen LogP contribution in [0, 0.1) is 17.8 Å². The Kier molecular flexibility index (Phi) is 3.63. The first-order chi connectivity index (χ1) is 11.9. The van der Waals surface area contributed by atoms with Crippen LogP contribution in [-0.2, 0) is 14.3 Å². The van der Waals surface area contributed by atoms with Gasteiger partial charge in [0.1, 0.15) is 0 Å². The second kappa shape index (κ2) is 5.72. The second-order valence-corrected chi connectivity index (χ2v) is 6.37. The minimum Gasteiger partial charge on any atom is -0.455 e. The molecule has 0 radical (unpaired) electrons. The number of halogens is 2. The number of amides is 1. The number of rotatable bonds is 4. The molecule has 0 saturated heterocycles. The van der Waals surface area contributed by atoms with Crippen LogP contribution in [-0.4, -0.2) is 24.8 Å². The lowest BCUT2D eigenvalue weighted by Crippen LogP contribution is -2.26. The molecular formula is C17H15F2NO5. The average Bonchev–Trinajstić information content (AvgIpc) is 3.24. The van der Waals surface area contributed by atoms with Crippen molar-refractivity contribution in [1.29, 1.82) is 0 Å². The molecular weight excluding hydrogens is 336 g/mol. The minimum absolute atomic E-state index is 0.112. The number of ether oxygens (including phenoxy) is 3. The Bertz CT molecular complexity index is 763. The van der Waals surface area contributed by atoms with Gasteiger partial charge in [-0.2, -0.15) is 0 Å². The van der Waals surface area contributed by atoms with Gasteiger partial charge in [-0.1, -0.05) is 12.2 Å². The number of allylic oxidation sites excluding steroid dienone is 2. The first-order valence-corrected chi connectivity index (χ1v) is 7.94. The smallest absolute Gasteiger partial charge is 0.455 e. The number of anilines is 1. The Hall–Kier alpha value is -2.64. The lowest BCUT2D eigenvalue weighted by Gasteiger charge is -2.16. The topological polar surface area (TPSA) is 73.9 Å². The molecule has 0 aromatic heterocycles. The van der Waals surface area contributed by atoms with E-state index in [1.807, 2.05) is 6.08 Å². The summed E-state index contributed by atoms with van der Waals surface area (Å²) in [5, 5.41) is 2.47. The summed E-state index contributed by atoms with van der Waals surface area (Å²) in [6, 6.07) is 3.88. The molecule has 0 spiro atoms. The summed E-state index contributed by atoms with van der Waals surface area (Å²) in [6.07, 6.45) is 2.16. The molecule has 25 heavy (non-hydrogen) atoms. The molecule has 1 aromatic rings. The summed E-state index contributed by atoms with van der Waals surface area (Å²) in [5.74, 6) is -0.767. The molecule has 0 unspecified atom stereocenters. The zero-order valence-electron chi connectivity index (χ0n) is 13.0. The van der Waals surface area contributed by atoms with E-state index >= 15 is 0 Å². The number of carbonyl (C=O) groups is 2. The van der Waals surface area contributed by atoms with E-state index < -0.39 is 18.8 Å². The summed E-state index contributed by atoms with van der Waals surface area (Å²) >= 11 is 0. The number of nitrogens with one attached hydrogen (secondary N) is 1. The molecule has 1 aromatic carbocycles. The van der Waals surface area contributed by atoms with Gasteiger partial charge in [-0.15, -0.1) is 8.78 Å². The number of alkyl halides is 2. The fraction of sp³-hybridized carbons (Fsp3) is 0.412. The standard InChI is InChI=1S/C17H15F2NO5/c18-17(19)24-13-4-3-11(7-14(13)25-17)20-15(21)8-23-16(22)12-6-9-1-2-10(12)5-9/h1-4,7,9-10,12H,5-6,8H2,(H,20,21)/t9-,10-,12+/m0/s1. The number of esters is 1. The molecule has 8 heteroatoms. The predicted molar refractivity (Wildman–Crippen MR) is 81.1 cm³/mol. The van der Waals surface area contributed by atoms with Crippen LogP contribution in [0.25, 0.3) is 0 Å². The molecule has 4 rings (SSSR count). The number of hydrogen-bond acceptors (Lipinski definition) is 5. The van der Waals surface area contributed by atoms with Gasteiger partial charge in [-0.05, 0) is 36.8 Å². The van der Waals surface area contributed by atoms with Gasteiger partial charge in [0, 0.05) is 11.8 Å². The Morgan fingerprint density at radius 1 is 1.20 bits per heavy atom. The third kappa shape index (κ3) is 3.16. The second-order valence-electron chi connectivity index (χ2n) is 6.37. The van der Waals surface area contributed by atoms with E-state index in [-0.39, 0.29) is 35.0 Å². The van der Waals surface area contributed by atoms with E-state index in [0.29, 0.717) is 5.92 Å². The number of benzene rings is 1. The normalized spacial score (nSPS) is 27.4. The van der Waals surface area contributed by atoms with Crippen LogP contribution in [0.1, 0.15) is 12.8 Å². The summed E-state index contributed by atoms with van der Waals surface area (Å²) in [4.78, 5) is 24.0. The molecule has 6 nitrogen and oxygen atoms in total. The third-order valence-corrected chi connectivity index (χ3v) is 4.61. The Morgan fingerprint density at radius 2 is 2.00 bits per heavy atom. The van der Waals surface area contributed by atoms with E-state index in [2.05, 4.69) is 20.9 Å². The molecule has 1 heterocycles. The van der Waals surface area contributed by atoms with Crippen molar-refractivity contribution in [2.45, 2.75) is 19.1 Å². The van der Waals surface area contributed by atoms with Crippen molar-refractivity contribution in [3.8, 4) is 11.5 Å². The Balaban J connectivity index is 1.30. The summed E-state index contributed by atoms with van der Waals surface area (Å²) in [7, 11) is 0. The predicted octanol–water partition coefficient (Wildman–Crippen LogP) is 2.70. The average molecular weight is 351 g/mol. The van der Waals surface area contributed by atoms with E-state index in [1.165, 1.54) is 18.2 Å². The van der Waals surface area contributed by atoms with Crippen molar-refractivity contribution in [3.05, 3.63) is 30.4 Å². The van der Waals surface area contributed by atoms with E-state index in [0.717, 1.165) is 12.8 Å². The van der Waals surface area contributed by atoms with Gasteiger partial charge in [0.15, 0.2) is 18.1 Å². The van der Waals surface area contributed by atoms with Crippen LogP contribution in [0.15, 0.2) is 30.4 Å². The minimum atomic E-state index is -3.71. The van der Waals surface area contributed by atoms with Crippen molar-refractivity contribution in [2.75, 3.05) is 11.9 Å². The van der Waals surface area contributed by atoms with Crippen LogP contribution in [0.4, 0.5) is 14.5 Å². The van der Waals surface area contributed by atoms with Crippen LogP contribution < -0.4 is 14.8 Å². The maximum atomic E-state index is 13.0. The number of hydrogen-bond donors (Lipinski definition) is 1. The van der Waals surface area contributed by atoms with Crippen LogP contribution in [0.2, 0.25) is 0 Å². The zero-order valence-corrected chi connectivity index (χ0v) is 13.0. The first-order valence-electron chi connectivity index (χ1n) is 7.94. The van der Waals surface area contributed by atoms with Crippen molar-refractivity contribution >= 4 is 17.6 Å². The molecule has 2 aliphatic carbocycles. The lowest BCUT2D eigenvalue weighted by molar-refractivity contribution is -0.286. The highest BCUT2D eigenvalue weighted by Crippen LogP contribution is 2.44. The van der Waals surface area contributed by atoms with Crippen LogP contribution in [0.3, 0.4) is 0 Å². The van der Waals surface area contributed by atoms with Gasteiger partial charge in [0.2, 0.25) is 0 Å². The molecule has 1 saturated carbocycles. The zero-order chi connectivity index (χ0) is 17.6. The molecule has 1 N–H and O–H groups in total. The number of fused-ring (bicyclic) bond motifs is 3. The summed E-state index contributed by atoms with van der Waals surface area (Å²) in [6.45, 7) is -0.430. The molecule has 1 aliphatic heterocycles.